The predicted molar refractivity (Wildman–Crippen MR) is 64.8 cm³/mol. The van der Waals surface area contributed by atoms with Crippen molar-refractivity contribution in [2.45, 2.75) is 51.7 Å². The number of aryl methyl sites for hydroxylation is 1. The molecule has 1 aliphatic heterocycles. The maximum atomic E-state index is 11.8. The summed E-state index contributed by atoms with van der Waals surface area (Å²) in [5.41, 5.74) is 1.04. The summed E-state index contributed by atoms with van der Waals surface area (Å²) in [6, 6.07) is 1.87. The Morgan fingerprint density at radius 1 is 1.65 bits per heavy atom. The Morgan fingerprint density at radius 3 is 3.12 bits per heavy atom. The number of ether oxygens (including phenoxy) is 1. The van der Waals surface area contributed by atoms with Crippen molar-refractivity contribution in [3.8, 4) is 0 Å². The van der Waals surface area contributed by atoms with Crippen LogP contribution in [0.1, 0.15) is 38.8 Å². The first-order chi connectivity index (χ1) is 8.19. The van der Waals surface area contributed by atoms with Gasteiger partial charge in [-0.15, -0.1) is 0 Å². The van der Waals surface area contributed by atoms with Crippen molar-refractivity contribution in [2.75, 3.05) is 5.32 Å². The fourth-order valence-electron chi connectivity index (χ4n) is 2.03. The van der Waals surface area contributed by atoms with Crippen LogP contribution in [0.4, 0.5) is 5.82 Å². The fourth-order valence-corrected chi connectivity index (χ4v) is 2.03. The molecule has 0 bridgehead atoms. The Balaban J connectivity index is 1.89. The highest BCUT2D eigenvalue weighted by molar-refractivity contribution is 5.93. The molecule has 0 radical (unpaired) electrons. The van der Waals surface area contributed by atoms with E-state index in [1.54, 1.807) is 0 Å². The van der Waals surface area contributed by atoms with Gasteiger partial charge in [-0.1, -0.05) is 13.3 Å². The molecule has 0 aliphatic carbocycles. The largest absolute Gasteiger partial charge is 0.365 e. The summed E-state index contributed by atoms with van der Waals surface area (Å²) in [5.74, 6) is 0.491. The molecule has 2 unspecified atom stereocenters. The molecule has 1 saturated heterocycles. The van der Waals surface area contributed by atoms with Gasteiger partial charge in [-0.05, 0) is 26.2 Å². The first kappa shape index (κ1) is 12.1. The average molecular weight is 237 g/mol. The molecular formula is C12H19N3O2. The first-order valence-corrected chi connectivity index (χ1v) is 6.19. The Morgan fingerprint density at radius 2 is 2.47 bits per heavy atom. The van der Waals surface area contributed by atoms with Gasteiger partial charge >= 0.3 is 0 Å². The molecule has 2 rings (SSSR count). The van der Waals surface area contributed by atoms with Gasteiger partial charge in [-0.3, -0.25) is 9.89 Å². The summed E-state index contributed by atoms with van der Waals surface area (Å²) in [4.78, 5) is 11.8. The van der Waals surface area contributed by atoms with Gasteiger partial charge in [-0.25, -0.2) is 0 Å². The molecule has 1 aromatic rings. The van der Waals surface area contributed by atoms with Crippen molar-refractivity contribution in [1.82, 2.24) is 10.2 Å². The normalized spacial score (nSPS) is 23.9. The van der Waals surface area contributed by atoms with E-state index in [1.165, 1.54) is 0 Å². The van der Waals surface area contributed by atoms with Crippen molar-refractivity contribution < 1.29 is 9.53 Å². The minimum absolute atomic E-state index is 0.0936. The summed E-state index contributed by atoms with van der Waals surface area (Å²) in [5, 5.41) is 9.74. The molecule has 5 nitrogen and oxygen atoms in total. The molecule has 17 heavy (non-hydrogen) atoms. The second kappa shape index (κ2) is 5.31. The highest BCUT2D eigenvalue weighted by Gasteiger charge is 2.28. The minimum Gasteiger partial charge on any atom is -0.365 e. The van der Waals surface area contributed by atoms with E-state index in [1.807, 2.05) is 13.0 Å². The van der Waals surface area contributed by atoms with Crippen LogP contribution < -0.4 is 5.32 Å². The molecular weight excluding hydrogens is 218 g/mol. The molecule has 1 fully saturated rings. The molecule has 0 spiro atoms. The molecule has 2 heterocycles. The lowest BCUT2D eigenvalue weighted by atomic mass is 10.2. The molecule has 5 heteroatoms. The minimum atomic E-state index is -0.323. The lowest BCUT2D eigenvalue weighted by molar-refractivity contribution is -0.126. The Labute approximate surface area is 101 Å². The third-order valence-corrected chi connectivity index (χ3v) is 2.93. The predicted octanol–water partition coefficient (Wildman–Crippen LogP) is 1.87. The third-order valence-electron chi connectivity index (χ3n) is 2.93. The van der Waals surface area contributed by atoms with Crippen LogP contribution in [0.25, 0.3) is 0 Å². The number of aromatic nitrogens is 2. The molecule has 1 amide bonds. The number of amides is 1. The molecule has 94 valence electrons. The van der Waals surface area contributed by atoms with Gasteiger partial charge in [-0.2, -0.15) is 5.10 Å². The van der Waals surface area contributed by atoms with Crippen LogP contribution in [0.15, 0.2) is 6.07 Å². The smallest absolute Gasteiger partial charge is 0.254 e. The SMILES string of the molecule is CCCc1cc(NC(=O)C2CCC(C)O2)n[nH]1. The van der Waals surface area contributed by atoms with Gasteiger partial charge < -0.3 is 10.1 Å². The topological polar surface area (TPSA) is 67.0 Å². The van der Waals surface area contributed by atoms with E-state index in [-0.39, 0.29) is 18.1 Å². The lowest BCUT2D eigenvalue weighted by Crippen LogP contribution is -2.27. The molecule has 2 N–H and O–H groups in total. The lowest BCUT2D eigenvalue weighted by Gasteiger charge is -2.09. The summed E-state index contributed by atoms with van der Waals surface area (Å²) < 4.78 is 5.50. The van der Waals surface area contributed by atoms with Gasteiger partial charge in [0.2, 0.25) is 0 Å². The fraction of sp³-hybridized carbons (Fsp3) is 0.667. The number of H-pyrrole nitrogens is 1. The van der Waals surface area contributed by atoms with Crippen LogP contribution in [-0.2, 0) is 16.0 Å². The Hall–Kier alpha value is -1.36. The van der Waals surface area contributed by atoms with E-state index in [0.717, 1.165) is 31.4 Å². The second-order valence-corrected chi connectivity index (χ2v) is 4.53. The zero-order chi connectivity index (χ0) is 12.3. The van der Waals surface area contributed by atoms with Crippen molar-refractivity contribution in [3.05, 3.63) is 11.8 Å². The monoisotopic (exact) mass is 237 g/mol. The van der Waals surface area contributed by atoms with Crippen LogP contribution in [0.2, 0.25) is 0 Å². The number of anilines is 1. The molecule has 1 aliphatic rings. The van der Waals surface area contributed by atoms with Crippen LogP contribution in [0, 0.1) is 0 Å². The van der Waals surface area contributed by atoms with Crippen LogP contribution >= 0.6 is 0 Å². The van der Waals surface area contributed by atoms with Gasteiger partial charge in [0.15, 0.2) is 5.82 Å². The summed E-state index contributed by atoms with van der Waals surface area (Å²) in [6.07, 6.45) is 3.59. The Bertz CT molecular complexity index is 389. The molecule has 2 atom stereocenters. The van der Waals surface area contributed by atoms with Crippen LogP contribution in [-0.4, -0.2) is 28.3 Å². The third kappa shape index (κ3) is 3.06. The van der Waals surface area contributed by atoms with Gasteiger partial charge in [0.05, 0.1) is 6.10 Å². The average Bonchev–Trinajstić information content (AvgIpc) is 2.88. The number of carbonyl (C=O) groups excluding carboxylic acids is 1. The Kier molecular flexibility index (Phi) is 3.78. The van der Waals surface area contributed by atoms with E-state index < -0.39 is 0 Å². The zero-order valence-electron chi connectivity index (χ0n) is 10.3. The maximum Gasteiger partial charge on any atom is 0.254 e. The number of nitrogens with one attached hydrogen (secondary N) is 2. The van der Waals surface area contributed by atoms with Crippen molar-refractivity contribution >= 4 is 11.7 Å². The zero-order valence-corrected chi connectivity index (χ0v) is 10.3. The number of hydrogen-bond donors (Lipinski definition) is 2. The first-order valence-electron chi connectivity index (χ1n) is 6.19. The summed E-state index contributed by atoms with van der Waals surface area (Å²) >= 11 is 0. The van der Waals surface area contributed by atoms with E-state index in [4.69, 9.17) is 4.74 Å². The van der Waals surface area contributed by atoms with Gasteiger partial charge in [0.1, 0.15) is 6.10 Å². The number of carbonyl (C=O) groups is 1. The number of aromatic amines is 1. The number of nitrogens with zero attached hydrogens (tertiary/aromatic N) is 1. The van der Waals surface area contributed by atoms with Crippen molar-refractivity contribution in [1.29, 1.82) is 0 Å². The summed E-state index contributed by atoms with van der Waals surface area (Å²) in [7, 11) is 0. The van der Waals surface area contributed by atoms with Gasteiger partial charge in [0, 0.05) is 11.8 Å². The van der Waals surface area contributed by atoms with Gasteiger partial charge in [0.25, 0.3) is 5.91 Å². The highest BCUT2D eigenvalue weighted by atomic mass is 16.5. The maximum absolute atomic E-state index is 11.8. The van der Waals surface area contributed by atoms with Crippen molar-refractivity contribution in [2.24, 2.45) is 0 Å². The van der Waals surface area contributed by atoms with Crippen LogP contribution in [0.3, 0.4) is 0 Å². The highest BCUT2D eigenvalue weighted by Crippen LogP contribution is 2.20. The van der Waals surface area contributed by atoms with E-state index in [0.29, 0.717) is 5.82 Å². The molecule has 0 saturated carbocycles. The van der Waals surface area contributed by atoms with E-state index >= 15 is 0 Å². The van der Waals surface area contributed by atoms with Crippen LogP contribution in [0.5, 0.6) is 0 Å². The molecule has 0 aromatic carbocycles. The molecule has 1 aromatic heterocycles. The standard InChI is InChI=1S/C12H19N3O2/c1-3-4-9-7-11(15-14-9)13-12(16)10-6-5-8(2)17-10/h7-8,10H,3-6H2,1-2H3,(H2,13,14,15,16). The number of hydrogen-bond acceptors (Lipinski definition) is 3. The van der Waals surface area contributed by atoms with E-state index in [9.17, 15) is 4.79 Å². The number of rotatable bonds is 4. The van der Waals surface area contributed by atoms with Crippen molar-refractivity contribution in [3.63, 3.8) is 0 Å². The summed E-state index contributed by atoms with van der Waals surface area (Å²) in [6.45, 7) is 4.09. The quantitative estimate of drug-likeness (QED) is 0.840. The van der Waals surface area contributed by atoms with E-state index in [2.05, 4.69) is 22.4 Å². The second-order valence-electron chi connectivity index (χ2n) is 4.53.